The summed E-state index contributed by atoms with van der Waals surface area (Å²) in [4.78, 5) is 18.8. The standard InChI is InChI=1S/C10H11ClN6O/c1-17-5-6(3-15-17)2-13-9-7(8(12)18)4-14-10(11)16-9/h3-5H,2H2,1H3,(H2,12,18)(H,13,14,16). The van der Waals surface area contributed by atoms with E-state index >= 15 is 0 Å². The number of nitrogens with zero attached hydrogens (tertiary/aromatic N) is 4. The number of amides is 1. The summed E-state index contributed by atoms with van der Waals surface area (Å²) >= 11 is 5.68. The van der Waals surface area contributed by atoms with Gasteiger partial charge < -0.3 is 11.1 Å². The fraction of sp³-hybridized carbons (Fsp3) is 0.200. The fourth-order valence-electron chi connectivity index (χ4n) is 1.42. The van der Waals surface area contributed by atoms with Gasteiger partial charge in [0, 0.05) is 31.5 Å². The Kier molecular flexibility index (Phi) is 3.42. The van der Waals surface area contributed by atoms with Crippen LogP contribution in [0.25, 0.3) is 0 Å². The van der Waals surface area contributed by atoms with Crippen molar-refractivity contribution >= 4 is 23.3 Å². The van der Waals surface area contributed by atoms with Crippen LogP contribution in [0.15, 0.2) is 18.6 Å². The van der Waals surface area contributed by atoms with Crippen molar-refractivity contribution < 1.29 is 4.79 Å². The van der Waals surface area contributed by atoms with Crippen LogP contribution in [-0.4, -0.2) is 25.7 Å². The largest absolute Gasteiger partial charge is 0.365 e. The maximum Gasteiger partial charge on any atom is 0.254 e. The van der Waals surface area contributed by atoms with Crippen molar-refractivity contribution in [2.75, 3.05) is 5.32 Å². The molecule has 8 heteroatoms. The first-order valence-electron chi connectivity index (χ1n) is 5.10. The smallest absolute Gasteiger partial charge is 0.254 e. The first-order chi connectivity index (χ1) is 8.56. The van der Waals surface area contributed by atoms with Gasteiger partial charge in [0.2, 0.25) is 5.28 Å². The number of nitrogens with two attached hydrogens (primary N) is 1. The zero-order chi connectivity index (χ0) is 13.1. The molecule has 0 spiro atoms. The fourth-order valence-corrected chi connectivity index (χ4v) is 1.56. The summed E-state index contributed by atoms with van der Waals surface area (Å²) in [7, 11) is 1.82. The van der Waals surface area contributed by atoms with Gasteiger partial charge in [-0.15, -0.1) is 0 Å². The van der Waals surface area contributed by atoms with Gasteiger partial charge in [0.15, 0.2) is 0 Å². The number of nitrogens with one attached hydrogen (secondary N) is 1. The van der Waals surface area contributed by atoms with Gasteiger partial charge in [-0.05, 0) is 11.6 Å². The number of aryl methyl sites for hydroxylation is 1. The van der Waals surface area contributed by atoms with Crippen molar-refractivity contribution in [3.63, 3.8) is 0 Å². The van der Waals surface area contributed by atoms with Crippen molar-refractivity contribution in [1.29, 1.82) is 0 Å². The summed E-state index contributed by atoms with van der Waals surface area (Å²) in [6.45, 7) is 0.460. The zero-order valence-corrected chi connectivity index (χ0v) is 10.3. The molecule has 0 bridgehead atoms. The highest BCUT2D eigenvalue weighted by Gasteiger charge is 2.11. The maximum absolute atomic E-state index is 11.2. The van der Waals surface area contributed by atoms with Crippen LogP contribution in [0.3, 0.4) is 0 Å². The molecule has 2 rings (SSSR count). The highest BCUT2D eigenvalue weighted by Crippen LogP contribution is 2.14. The molecule has 0 aliphatic rings. The zero-order valence-electron chi connectivity index (χ0n) is 9.59. The van der Waals surface area contributed by atoms with Crippen molar-refractivity contribution in [3.05, 3.63) is 35.0 Å². The summed E-state index contributed by atoms with van der Waals surface area (Å²) in [5.41, 5.74) is 6.36. The van der Waals surface area contributed by atoms with Crippen LogP contribution in [0.2, 0.25) is 5.28 Å². The summed E-state index contributed by atoms with van der Waals surface area (Å²) < 4.78 is 1.68. The van der Waals surface area contributed by atoms with E-state index in [9.17, 15) is 4.79 Å². The molecule has 1 amide bonds. The van der Waals surface area contributed by atoms with Gasteiger partial charge in [0.1, 0.15) is 5.82 Å². The Hall–Kier alpha value is -2.15. The number of halogens is 1. The Morgan fingerprint density at radius 2 is 2.33 bits per heavy atom. The van der Waals surface area contributed by atoms with E-state index in [1.54, 1.807) is 10.9 Å². The van der Waals surface area contributed by atoms with Crippen LogP contribution in [0, 0.1) is 0 Å². The number of anilines is 1. The molecule has 3 N–H and O–H groups in total. The topological polar surface area (TPSA) is 98.7 Å². The Labute approximate surface area is 108 Å². The number of carbonyl (C=O) groups is 1. The van der Waals surface area contributed by atoms with E-state index in [0.717, 1.165) is 5.56 Å². The lowest BCUT2D eigenvalue weighted by atomic mass is 10.3. The molecule has 0 aliphatic carbocycles. The summed E-state index contributed by atoms with van der Waals surface area (Å²) in [5, 5.41) is 7.06. The van der Waals surface area contributed by atoms with Gasteiger partial charge in [0.25, 0.3) is 5.91 Å². The minimum Gasteiger partial charge on any atom is -0.365 e. The number of hydrogen-bond donors (Lipinski definition) is 2. The van der Waals surface area contributed by atoms with Crippen molar-refractivity contribution in [2.45, 2.75) is 6.54 Å². The molecule has 0 unspecified atom stereocenters. The molecular weight excluding hydrogens is 256 g/mol. The molecule has 0 radical (unpaired) electrons. The third-order valence-electron chi connectivity index (χ3n) is 2.24. The molecule has 7 nitrogen and oxygen atoms in total. The Morgan fingerprint density at radius 1 is 1.56 bits per heavy atom. The molecule has 18 heavy (non-hydrogen) atoms. The van der Waals surface area contributed by atoms with Gasteiger partial charge in [0.05, 0.1) is 11.8 Å². The van der Waals surface area contributed by atoms with Gasteiger partial charge >= 0.3 is 0 Å². The van der Waals surface area contributed by atoms with E-state index < -0.39 is 5.91 Å². The van der Waals surface area contributed by atoms with Crippen LogP contribution < -0.4 is 11.1 Å². The number of aromatic nitrogens is 4. The Bertz CT molecular complexity index is 581. The minimum absolute atomic E-state index is 0.0497. The summed E-state index contributed by atoms with van der Waals surface area (Å²) in [6.07, 6.45) is 4.85. The van der Waals surface area contributed by atoms with Crippen LogP contribution >= 0.6 is 11.6 Å². The lowest BCUT2D eigenvalue weighted by molar-refractivity contribution is 0.100. The number of rotatable bonds is 4. The van der Waals surface area contributed by atoms with Crippen LogP contribution in [0.4, 0.5) is 5.82 Å². The summed E-state index contributed by atoms with van der Waals surface area (Å²) in [5.74, 6) is -0.299. The summed E-state index contributed by atoms with van der Waals surface area (Å²) in [6, 6.07) is 0. The maximum atomic E-state index is 11.2. The number of primary amides is 1. The Balaban J connectivity index is 2.17. The van der Waals surface area contributed by atoms with E-state index in [4.69, 9.17) is 17.3 Å². The molecule has 2 heterocycles. The van der Waals surface area contributed by atoms with E-state index in [0.29, 0.717) is 12.4 Å². The highest BCUT2D eigenvalue weighted by molar-refractivity contribution is 6.28. The van der Waals surface area contributed by atoms with Crippen LogP contribution in [0.1, 0.15) is 15.9 Å². The van der Waals surface area contributed by atoms with Gasteiger partial charge in [-0.3, -0.25) is 9.48 Å². The quantitative estimate of drug-likeness (QED) is 0.789. The Morgan fingerprint density at radius 3 is 2.94 bits per heavy atom. The van der Waals surface area contributed by atoms with Gasteiger partial charge in [-0.2, -0.15) is 10.1 Å². The highest BCUT2D eigenvalue weighted by atomic mass is 35.5. The molecule has 2 aromatic rings. The van der Waals surface area contributed by atoms with Crippen molar-refractivity contribution in [3.8, 4) is 0 Å². The molecular formula is C10H11ClN6O. The van der Waals surface area contributed by atoms with E-state index in [-0.39, 0.29) is 10.8 Å². The first-order valence-corrected chi connectivity index (χ1v) is 5.48. The molecule has 0 saturated carbocycles. The average Bonchev–Trinajstić information content (AvgIpc) is 2.72. The van der Waals surface area contributed by atoms with Crippen LogP contribution in [-0.2, 0) is 13.6 Å². The molecule has 0 aliphatic heterocycles. The van der Waals surface area contributed by atoms with E-state index in [1.165, 1.54) is 6.20 Å². The molecule has 94 valence electrons. The number of hydrogen-bond acceptors (Lipinski definition) is 5. The minimum atomic E-state index is -0.611. The molecule has 0 aromatic carbocycles. The second-order valence-electron chi connectivity index (χ2n) is 3.64. The predicted molar refractivity (Wildman–Crippen MR) is 66.1 cm³/mol. The predicted octanol–water partition coefficient (Wildman–Crippen LogP) is 0.575. The van der Waals surface area contributed by atoms with E-state index in [2.05, 4.69) is 20.4 Å². The van der Waals surface area contributed by atoms with Crippen molar-refractivity contribution in [2.24, 2.45) is 12.8 Å². The van der Waals surface area contributed by atoms with Crippen LogP contribution in [0.5, 0.6) is 0 Å². The third-order valence-corrected chi connectivity index (χ3v) is 2.43. The third kappa shape index (κ3) is 2.75. The van der Waals surface area contributed by atoms with Gasteiger partial charge in [-0.25, -0.2) is 4.98 Å². The van der Waals surface area contributed by atoms with Gasteiger partial charge in [-0.1, -0.05) is 0 Å². The van der Waals surface area contributed by atoms with E-state index in [1.807, 2.05) is 13.2 Å². The number of carbonyl (C=O) groups excluding carboxylic acids is 1. The SMILES string of the molecule is Cn1cc(CNc2nc(Cl)ncc2C(N)=O)cn1. The lowest BCUT2D eigenvalue weighted by Crippen LogP contribution is -2.16. The monoisotopic (exact) mass is 266 g/mol. The normalized spacial score (nSPS) is 10.3. The average molecular weight is 267 g/mol. The first kappa shape index (κ1) is 12.3. The van der Waals surface area contributed by atoms with Crippen molar-refractivity contribution in [1.82, 2.24) is 19.7 Å². The molecule has 0 fully saturated rings. The second kappa shape index (κ2) is 5.01. The molecule has 0 saturated heterocycles. The molecule has 0 atom stereocenters. The molecule has 2 aromatic heterocycles. The lowest BCUT2D eigenvalue weighted by Gasteiger charge is -2.07. The second-order valence-corrected chi connectivity index (χ2v) is 3.98.